The zero-order valence-electron chi connectivity index (χ0n) is 11.6. The zero-order chi connectivity index (χ0) is 14.8. The number of hydrogen-bond acceptors (Lipinski definition) is 4. The van der Waals surface area contributed by atoms with Gasteiger partial charge in [0.15, 0.2) is 6.29 Å². The van der Waals surface area contributed by atoms with Crippen LogP contribution in [0.1, 0.15) is 27.3 Å². The minimum atomic E-state index is 0.322. The second-order valence-corrected chi connectivity index (χ2v) is 5.81. The van der Waals surface area contributed by atoms with E-state index >= 15 is 0 Å². The highest BCUT2D eigenvalue weighted by Gasteiger charge is 2.18. The maximum atomic E-state index is 11.1. The fraction of sp³-hybridized carbons (Fsp3) is 0.250. The maximum absolute atomic E-state index is 11.1. The first-order chi connectivity index (χ1) is 10.2. The summed E-state index contributed by atoms with van der Waals surface area (Å²) in [5.41, 5.74) is 3.26. The molecule has 2 aromatic rings. The first kappa shape index (κ1) is 14.1. The van der Waals surface area contributed by atoms with Crippen molar-refractivity contribution < 1.29 is 14.3 Å². The van der Waals surface area contributed by atoms with Crippen LogP contribution in [-0.4, -0.2) is 17.9 Å². The van der Waals surface area contributed by atoms with Crippen molar-refractivity contribution in [2.45, 2.75) is 20.0 Å². The van der Waals surface area contributed by atoms with Crippen molar-refractivity contribution >= 4 is 22.2 Å². The van der Waals surface area contributed by atoms with Crippen LogP contribution in [0.3, 0.4) is 0 Å². The van der Waals surface area contributed by atoms with Gasteiger partial charge in [-0.3, -0.25) is 4.79 Å². The molecule has 4 nitrogen and oxygen atoms in total. The lowest BCUT2D eigenvalue weighted by Crippen LogP contribution is -2.02. The highest BCUT2D eigenvalue weighted by atomic mass is 79.9. The standard InChI is InChI=1S/C16H14BrNO3/c1-10-2-3-15(14(8-19)18-10)21-9-12-7-13(17)6-11-4-5-20-16(11)12/h2-3,6-8H,4-5,9H2,1H3. The van der Waals surface area contributed by atoms with Gasteiger partial charge < -0.3 is 9.47 Å². The summed E-state index contributed by atoms with van der Waals surface area (Å²) in [5, 5.41) is 0. The molecule has 1 aliphatic heterocycles. The van der Waals surface area contributed by atoms with Crippen molar-refractivity contribution in [3.63, 3.8) is 0 Å². The van der Waals surface area contributed by atoms with Crippen molar-refractivity contribution in [3.05, 3.63) is 51.3 Å². The minimum Gasteiger partial charge on any atom is -0.493 e. The van der Waals surface area contributed by atoms with Crippen LogP contribution in [0.4, 0.5) is 0 Å². The largest absolute Gasteiger partial charge is 0.493 e. The lowest BCUT2D eigenvalue weighted by Gasteiger charge is -2.12. The van der Waals surface area contributed by atoms with E-state index < -0.39 is 0 Å². The first-order valence-electron chi connectivity index (χ1n) is 6.67. The molecule has 21 heavy (non-hydrogen) atoms. The highest BCUT2D eigenvalue weighted by molar-refractivity contribution is 9.10. The number of benzene rings is 1. The van der Waals surface area contributed by atoms with Crippen LogP contribution in [0.2, 0.25) is 0 Å². The second kappa shape index (κ2) is 5.85. The van der Waals surface area contributed by atoms with Gasteiger partial charge in [-0.1, -0.05) is 15.9 Å². The van der Waals surface area contributed by atoms with Crippen molar-refractivity contribution in [2.24, 2.45) is 0 Å². The van der Waals surface area contributed by atoms with E-state index in [0.29, 0.717) is 30.9 Å². The molecular weight excluding hydrogens is 334 g/mol. The van der Waals surface area contributed by atoms with E-state index in [0.717, 1.165) is 27.9 Å². The summed E-state index contributed by atoms with van der Waals surface area (Å²) in [6.07, 6.45) is 1.62. The van der Waals surface area contributed by atoms with Gasteiger partial charge in [0.2, 0.25) is 0 Å². The molecule has 0 N–H and O–H groups in total. The van der Waals surface area contributed by atoms with Gasteiger partial charge in [-0.2, -0.15) is 0 Å². The van der Waals surface area contributed by atoms with Crippen LogP contribution in [0.15, 0.2) is 28.7 Å². The molecular formula is C16H14BrNO3. The lowest BCUT2D eigenvalue weighted by atomic mass is 10.1. The van der Waals surface area contributed by atoms with E-state index in [-0.39, 0.29) is 0 Å². The SMILES string of the molecule is Cc1ccc(OCc2cc(Br)cc3c2OCC3)c(C=O)n1. The fourth-order valence-electron chi connectivity index (χ4n) is 2.38. The molecule has 0 saturated carbocycles. The minimum absolute atomic E-state index is 0.322. The Morgan fingerprint density at radius 2 is 2.29 bits per heavy atom. The maximum Gasteiger partial charge on any atom is 0.172 e. The molecule has 0 aliphatic carbocycles. The third-order valence-electron chi connectivity index (χ3n) is 3.35. The van der Waals surface area contributed by atoms with Crippen molar-refractivity contribution in [1.29, 1.82) is 0 Å². The second-order valence-electron chi connectivity index (χ2n) is 4.89. The van der Waals surface area contributed by atoms with Gasteiger partial charge >= 0.3 is 0 Å². The predicted octanol–water partition coefficient (Wildman–Crippen LogP) is 3.48. The third-order valence-corrected chi connectivity index (χ3v) is 3.80. The van der Waals surface area contributed by atoms with E-state index in [1.807, 2.05) is 19.1 Å². The third kappa shape index (κ3) is 2.93. The number of ether oxygens (including phenoxy) is 2. The summed E-state index contributed by atoms with van der Waals surface area (Å²) in [5.74, 6) is 1.38. The number of rotatable bonds is 4. The highest BCUT2D eigenvalue weighted by Crippen LogP contribution is 2.33. The van der Waals surface area contributed by atoms with Gasteiger partial charge in [-0.05, 0) is 36.8 Å². The monoisotopic (exact) mass is 347 g/mol. The zero-order valence-corrected chi connectivity index (χ0v) is 13.1. The number of aryl methyl sites for hydroxylation is 1. The van der Waals surface area contributed by atoms with Gasteiger partial charge in [0.1, 0.15) is 23.8 Å². The number of aromatic nitrogens is 1. The Morgan fingerprint density at radius 1 is 1.43 bits per heavy atom. The Bertz CT molecular complexity index is 700. The summed E-state index contributed by atoms with van der Waals surface area (Å²) in [6.45, 7) is 2.88. The number of aldehydes is 1. The Balaban J connectivity index is 1.84. The Hall–Kier alpha value is -1.88. The smallest absolute Gasteiger partial charge is 0.172 e. The van der Waals surface area contributed by atoms with E-state index in [9.17, 15) is 4.79 Å². The van der Waals surface area contributed by atoms with Crippen molar-refractivity contribution in [2.75, 3.05) is 6.61 Å². The van der Waals surface area contributed by atoms with Gasteiger partial charge in [-0.25, -0.2) is 4.98 Å². The molecule has 3 rings (SSSR count). The number of carbonyl (C=O) groups is 1. The van der Waals surface area contributed by atoms with Crippen molar-refractivity contribution in [1.82, 2.24) is 4.98 Å². The topological polar surface area (TPSA) is 48.4 Å². The number of fused-ring (bicyclic) bond motifs is 1. The lowest BCUT2D eigenvalue weighted by molar-refractivity contribution is 0.111. The van der Waals surface area contributed by atoms with E-state index in [2.05, 4.69) is 27.0 Å². The van der Waals surface area contributed by atoms with Gasteiger partial charge in [0, 0.05) is 22.2 Å². The average molecular weight is 348 g/mol. The van der Waals surface area contributed by atoms with E-state index in [1.165, 1.54) is 5.56 Å². The molecule has 0 unspecified atom stereocenters. The number of carbonyl (C=O) groups excluding carboxylic acids is 1. The molecule has 1 aromatic carbocycles. The van der Waals surface area contributed by atoms with Crippen LogP contribution in [0.25, 0.3) is 0 Å². The Labute approximate surface area is 131 Å². The molecule has 1 aromatic heterocycles. The van der Waals surface area contributed by atoms with Crippen molar-refractivity contribution in [3.8, 4) is 11.5 Å². The van der Waals surface area contributed by atoms with Crippen LogP contribution >= 0.6 is 15.9 Å². The normalized spacial score (nSPS) is 12.7. The molecule has 0 atom stereocenters. The Kier molecular flexibility index (Phi) is 3.92. The summed E-state index contributed by atoms with van der Waals surface area (Å²) in [4.78, 5) is 15.2. The van der Waals surface area contributed by atoms with E-state index in [1.54, 1.807) is 6.07 Å². The molecule has 2 heterocycles. The van der Waals surface area contributed by atoms with Crippen LogP contribution in [0.5, 0.6) is 11.5 Å². The molecule has 0 saturated heterocycles. The quantitative estimate of drug-likeness (QED) is 0.794. The number of hydrogen-bond donors (Lipinski definition) is 0. The number of nitrogens with zero attached hydrogens (tertiary/aromatic N) is 1. The molecule has 108 valence electrons. The molecule has 0 spiro atoms. The Morgan fingerprint density at radius 3 is 3.10 bits per heavy atom. The molecule has 0 amide bonds. The van der Waals surface area contributed by atoms with Crippen LogP contribution in [0, 0.1) is 6.92 Å². The summed E-state index contributed by atoms with van der Waals surface area (Å²) in [7, 11) is 0. The number of pyridine rings is 1. The molecule has 0 radical (unpaired) electrons. The van der Waals surface area contributed by atoms with E-state index in [4.69, 9.17) is 9.47 Å². The number of halogens is 1. The average Bonchev–Trinajstić information content (AvgIpc) is 2.93. The van der Waals surface area contributed by atoms with Crippen LogP contribution in [-0.2, 0) is 13.0 Å². The molecule has 0 fully saturated rings. The summed E-state index contributed by atoms with van der Waals surface area (Å²) in [6, 6.07) is 7.64. The summed E-state index contributed by atoms with van der Waals surface area (Å²) < 4.78 is 12.4. The fourth-order valence-corrected chi connectivity index (χ4v) is 2.93. The van der Waals surface area contributed by atoms with Gasteiger partial charge in [-0.15, -0.1) is 0 Å². The molecule has 1 aliphatic rings. The predicted molar refractivity (Wildman–Crippen MR) is 82.0 cm³/mol. The van der Waals surface area contributed by atoms with Gasteiger partial charge in [0.25, 0.3) is 0 Å². The van der Waals surface area contributed by atoms with Crippen LogP contribution < -0.4 is 9.47 Å². The first-order valence-corrected chi connectivity index (χ1v) is 7.46. The molecule has 5 heteroatoms. The van der Waals surface area contributed by atoms with Gasteiger partial charge in [0.05, 0.1) is 6.61 Å². The summed E-state index contributed by atoms with van der Waals surface area (Å²) >= 11 is 3.50. The molecule has 0 bridgehead atoms.